The van der Waals surface area contributed by atoms with Crippen LogP contribution in [0.2, 0.25) is 5.15 Å². The number of hydrogen-bond acceptors (Lipinski definition) is 4. The van der Waals surface area contributed by atoms with Crippen LogP contribution in [0.25, 0.3) is 0 Å². The van der Waals surface area contributed by atoms with E-state index in [-0.39, 0.29) is 5.91 Å². The van der Waals surface area contributed by atoms with Crippen LogP contribution in [0.15, 0.2) is 6.33 Å². The van der Waals surface area contributed by atoms with Gasteiger partial charge >= 0.3 is 0 Å². The lowest BCUT2D eigenvalue weighted by Gasteiger charge is -2.33. The molecule has 1 aromatic rings. The first-order chi connectivity index (χ1) is 9.08. The van der Waals surface area contributed by atoms with Crippen LogP contribution in [0, 0.1) is 12.8 Å². The lowest BCUT2D eigenvalue weighted by atomic mass is 9.96. The minimum absolute atomic E-state index is 0.0425. The number of halogens is 1. The highest BCUT2D eigenvalue weighted by Gasteiger charge is 2.22. The molecule has 2 rings (SSSR count). The van der Waals surface area contributed by atoms with Gasteiger partial charge in [0.05, 0.1) is 0 Å². The molecule has 1 fully saturated rings. The molecule has 0 aliphatic carbocycles. The third kappa shape index (κ3) is 3.56. The van der Waals surface area contributed by atoms with Gasteiger partial charge in [-0.05, 0) is 25.7 Å². The number of rotatable bonds is 3. The van der Waals surface area contributed by atoms with E-state index in [0.29, 0.717) is 11.1 Å². The fraction of sp³-hybridized carbons (Fsp3) is 0.615. The molecule has 1 aliphatic heterocycles. The molecule has 0 saturated carbocycles. The second kappa shape index (κ2) is 6.19. The quantitative estimate of drug-likeness (QED) is 0.859. The van der Waals surface area contributed by atoms with Gasteiger partial charge in [0.25, 0.3) is 0 Å². The Bertz CT molecular complexity index is 458. The van der Waals surface area contributed by atoms with Gasteiger partial charge in [0.1, 0.15) is 17.3 Å². The number of carbonyl (C=O) groups excluding carboxylic acids is 1. The maximum absolute atomic E-state index is 10.9. The van der Waals surface area contributed by atoms with Crippen LogP contribution in [0.5, 0.6) is 0 Å². The first-order valence-electron chi connectivity index (χ1n) is 6.54. The Morgan fingerprint density at radius 3 is 2.79 bits per heavy atom. The predicted molar refractivity (Wildman–Crippen MR) is 75.4 cm³/mol. The topological polar surface area (TPSA) is 58.1 Å². The van der Waals surface area contributed by atoms with E-state index in [2.05, 4.69) is 20.2 Å². The van der Waals surface area contributed by atoms with Gasteiger partial charge in [0.15, 0.2) is 0 Å². The van der Waals surface area contributed by atoms with E-state index in [1.165, 1.54) is 6.33 Å². The Morgan fingerprint density at radius 2 is 2.16 bits per heavy atom. The summed E-state index contributed by atoms with van der Waals surface area (Å²) in [6.07, 6.45) is 3.62. The molecule has 5 nitrogen and oxygen atoms in total. The van der Waals surface area contributed by atoms with Crippen molar-refractivity contribution in [1.82, 2.24) is 15.3 Å². The zero-order chi connectivity index (χ0) is 13.8. The summed E-state index contributed by atoms with van der Waals surface area (Å²) in [6, 6.07) is 0. The molecule has 104 valence electrons. The minimum atomic E-state index is 0.0425. The average molecular weight is 283 g/mol. The summed E-state index contributed by atoms with van der Waals surface area (Å²) in [5.41, 5.74) is 0.935. The van der Waals surface area contributed by atoms with Crippen molar-refractivity contribution in [3.63, 3.8) is 0 Å². The standard InChI is InChI=1S/C13H19ClN4O/c1-9-12(14)16-8-17-13(9)18-5-3-11(4-6-18)7-15-10(2)19/h8,11H,3-7H2,1-2H3,(H,15,19). The van der Waals surface area contributed by atoms with Crippen molar-refractivity contribution in [2.75, 3.05) is 24.5 Å². The molecule has 0 unspecified atom stereocenters. The van der Waals surface area contributed by atoms with E-state index in [4.69, 9.17) is 11.6 Å². The molecule has 1 saturated heterocycles. The normalized spacial score (nSPS) is 16.5. The highest BCUT2D eigenvalue weighted by Crippen LogP contribution is 2.26. The van der Waals surface area contributed by atoms with E-state index >= 15 is 0 Å². The van der Waals surface area contributed by atoms with Crippen LogP contribution in [0.4, 0.5) is 5.82 Å². The van der Waals surface area contributed by atoms with Gasteiger partial charge in [-0.1, -0.05) is 11.6 Å². The number of nitrogens with one attached hydrogen (secondary N) is 1. The zero-order valence-corrected chi connectivity index (χ0v) is 12.1. The predicted octanol–water partition coefficient (Wildman–Crippen LogP) is 1.79. The maximum atomic E-state index is 10.9. The SMILES string of the molecule is CC(=O)NCC1CCN(c2ncnc(Cl)c2C)CC1. The number of anilines is 1. The Labute approximate surface area is 118 Å². The number of amides is 1. The zero-order valence-electron chi connectivity index (χ0n) is 11.3. The molecule has 1 N–H and O–H groups in total. The van der Waals surface area contributed by atoms with Crippen LogP contribution in [-0.2, 0) is 4.79 Å². The molecule has 0 atom stereocenters. The molecule has 1 aliphatic rings. The molecular weight excluding hydrogens is 264 g/mol. The number of aromatic nitrogens is 2. The Hall–Kier alpha value is -1.36. The number of nitrogens with zero attached hydrogens (tertiary/aromatic N) is 3. The Balaban J connectivity index is 1.92. The highest BCUT2D eigenvalue weighted by atomic mass is 35.5. The van der Waals surface area contributed by atoms with Gasteiger partial charge in [0, 0.05) is 32.1 Å². The van der Waals surface area contributed by atoms with Crippen LogP contribution in [-0.4, -0.2) is 35.5 Å². The molecule has 1 amide bonds. The fourth-order valence-corrected chi connectivity index (χ4v) is 2.50. The molecule has 19 heavy (non-hydrogen) atoms. The summed E-state index contributed by atoms with van der Waals surface area (Å²) in [7, 11) is 0. The fourth-order valence-electron chi connectivity index (χ4n) is 2.38. The van der Waals surface area contributed by atoms with E-state index in [9.17, 15) is 4.79 Å². The maximum Gasteiger partial charge on any atom is 0.216 e. The second-order valence-electron chi connectivity index (χ2n) is 4.98. The third-order valence-corrected chi connectivity index (χ3v) is 3.93. The lowest BCUT2D eigenvalue weighted by molar-refractivity contribution is -0.119. The average Bonchev–Trinajstić information content (AvgIpc) is 2.40. The Morgan fingerprint density at radius 1 is 1.47 bits per heavy atom. The molecule has 0 aromatic carbocycles. The molecule has 0 bridgehead atoms. The van der Waals surface area contributed by atoms with E-state index < -0.39 is 0 Å². The third-order valence-electron chi connectivity index (χ3n) is 3.55. The van der Waals surface area contributed by atoms with Gasteiger partial charge in [0.2, 0.25) is 5.91 Å². The van der Waals surface area contributed by atoms with Crippen molar-refractivity contribution >= 4 is 23.3 Å². The minimum Gasteiger partial charge on any atom is -0.356 e. The van der Waals surface area contributed by atoms with Crippen molar-refractivity contribution in [3.05, 3.63) is 17.0 Å². The van der Waals surface area contributed by atoms with Crippen molar-refractivity contribution < 1.29 is 4.79 Å². The summed E-state index contributed by atoms with van der Waals surface area (Å²) >= 11 is 6.02. The summed E-state index contributed by atoms with van der Waals surface area (Å²) in [5.74, 6) is 1.52. The molecule has 0 spiro atoms. The van der Waals surface area contributed by atoms with E-state index in [1.807, 2.05) is 6.92 Å². The van der Waals surface area contributed by atoms with Crippen LogP contribution in [0.1, 0.15) is 25.3 Å². The van der Waals surface area contributed by atoms with Crippen molar-refractivity contribution in [2.45, 2.75) is 26.7 Å². The first kappa shape index (κ1) is 14.1. The Kier molecular flexibility index (Phi) is 4.58. The van der Waals surface area contributed by atoms with Gasteiger partial charge in [-0.2, -0.15) is 0 Å². The van der Waals surface area contributed by atoms with Gasteiger partial charge < -0.3 is 10.2 Å². The van der Waals surface area contributed by atoms with Gasteiger partial charge in [-0.15, -0.1) is 0 Å². The number of hydrogen-bond donors (Lipinski definition) is 1. The molecule has 6 heteroatoms. The summed E-state index contributed by atoms with van der Waals surface area (Å²) in [5, 5.41) is 3.41. The largest absolute Gasteiger partial charge is 0.356 e. The van der Waals surface area contributed by atoms with E-state index in [1.54, 1.807) is 6.92 Å². The second-order valence-corrected chi connectivity index (χ2v) is 5.34. The van der Waals surface area contributed by atoms with Crippen molar-refractivity contribution in [3.8, 4) is 0 Å². The lowest BCUT2D eigenvalue weighted by Crippen LogP contribution is -2.38. The molecule has 0 radical (unpaired) electrons. The molecule has 2 heterocycles. The highest BCUT2D eigenvalue weighted by molar-refractivity contribution is 6.30. The summed E-state index contributed by atoms with van der Waals surface area (Å²) < 4.78 is 0. The van der Waals surface area contributed by atoms with Crippen molar-refractivity contribution in [1.29, 1.82) is 0 Å². The molecule has 1 aromatic heterocycles. The van der Waals surface area contributed by atoms with Crippen LogP contribution < -0.4 is 10.2 Å². The monoisotopic (exact) mass is 282 g/mol. The summed E-state index contributed by atoms with van der Waals surface area (Å²) in [4.78, 5) is 21.4. The van der Waals surface area contributed by atoms with Gasteiger partial charge in [-0.3, -0.25) is 4.79 Å². The summed E-state index contributed by atoms with van der Waals surface area (Å²) in [6.45, 7) is 6.16. The number of piperidine rings is 1. The first-order valence-corrected chi connectivity index (χ1v) is 6.92. The number of carbonyl (C=O) groups is 1. The van der Waals surface area contributed by atoms with Crippen molar-refractivity contribution in [2.24, 2.45) is 5.92 Å². The smallest absolute Gasteiger partial charge is 0.216 e. The van der Waals surface area contributed by atoms with Crippen LogP contribution in [0.3, 0.4) is 0 Å². The molecular formula is C13H19ClN4O. The van der Waals surface area contributed by atoms with Crippen LogP contribution >= 0.6 is 11.6 Å². The van der Waals surface area contributed by atoms with E-state index in [0.717, 1.165) is 43.9 Å². The van der Waals surface area contributed by atoms with Gasteiger partial charge in [-0.25, -0.2) is 9.97 Å².